The van der Waals surface area contributed by atoms with E-state index in [-0.39, 0.29) is 29.2 Å². The highest BCUT2D eigenvalue weighted by molar-refractivity contribution is 7.89. The van der Waals surface area contributed by atoms with Gasteiger partial charge in [0.15, 0.2) is 0 Å². The smallest absolute Gasteiger partial charge is 0.254 e. The van der Waals surface area contributed by atoms with Crippen LogP contribution in [-0.4, -0.2) is 62.8 Å². The second kappa shape index (κ2) is 8.61. The molecule has 7 nitrogen and oxygen atoms in total. The highest BCUT2D eigenvalue weighted by Crippen LogP contribution is 2.24. The van der Waals surface area contributed by atoms with E-state index in [2.05, 4.69) is 4.72 Å². The summed E-state index contributed by atoms with van der Waals surface area (Å²) in [6.45, 7) is 6.55. The zero-order valence-electron chi connectivity index (χ0n) is 16.6. The molecule has 2 fully saturated rings. The first-order valence-corrected chi connectivity index (χ1v) is 11.5. The Morgan fingerprint density at radius 2 is 1.71 bits per heavy atom. The normalized spacial score (nSPS) is 18.5. The van der Waals surface area contributed by atoms with Gasteiger partial charge in [0.25, 0.3) is 5.91 Å². The van der Waals surface area contributed by atoms with Gasteiger partial charge in [-0.25, -0.2) is 13.1 Å². The van der Waals surface area contributed by atoms with Crippen molar-refractivity contribution in [3.63, 3.8) is 0 Å². The first kappa shape index (κ1) is 20.8. The molecule has 0 aliphatic carbocycles. The van der Waals surface area contributed by atoms with E-state index >= 15 is 0 Å². The summed E-state index contributed by atoms with van der Waals surface area (Å²) in [6, 6.07) is 4.64. The topological polar surface area (TPSA) is 86.8 Å². The average molecular weight is 408 g/mol. The van der Waals surface area contributed by atoms with E-state index in [1.54, 1.807) is 24.8 Å². The van der Waals surface area contributed by atoms with Gasteiger partial charge in [-0.3, -0.25) is 9.59 Å². The number of amides is 2. The predicted molar refractivity (Wildman–Crippen MR) is 106 cm³/mol. The van der Waals surface area contributed by atoms with Gasteiger partial charge in [-0.05, 0) is 50.3 Å². The molecule has 2 heterocycles. The van der Waals surface area contributed by atoms with Crippen LogP contribution in [0.25, 0.3) is 0 Å². The van der Waals surface area contributed by atoms with Crippen LogP contribution in [-0.2, 0) is 14.8 Å². The molecule has 2 aliphatic heterocycles. The van der Waals surface area contributed by atoms with Gasteiger partial charge in [0, 0.05) is 44.2 Å². The van der Waals surface area contributed by atoms with Crippen molar-refractivity contribution >= 4 is 21.8 Å². The van der Waals surface area contributed by atoms with Crippen LogP contribution in [0.2, 0.25) is 0 Å². The van der Waals surface area contributed by atoms with Crippen LogP contribution >= 0.6 is 0 Å². The summed E-state index contributed by atoms with van der Waals surface area (Å²) < 4.78 is 27.0. The van der Waals surface area contributed by atoms with Crippen molar-refractivity contribution in [2.24, 2.45) is 5.92 Å². The molecular weight excluding hydrogens is 378 g/mol. The van der Waals surface area contributed by atoms with E-state index in [1.165, 1.54) is 12.1 Å². The van der Waals surface area contributed by atoms with Crippen LogP contribution in [0.5, 0.6) is 0 Å². The number of piperidine rings is 1. The lowest BCUT2D eigenvalue weighted by atomic mass is 9.94. The molecule has 0 unspecified atom stereocenters. The van der Waals surface area contributed by atoms with Crippen LogP contribution in [0, 0.1) is 12.8 Å². The Morgan fingerprint density at radius 1 is 1.07 bits per heavy atom. The lowest BCUT2D eigenvalue weighted by molar-refractivity contribution is -0.135. The molecule has 0 bridgehead atoms. The summed E-state index contributed by atoms with van der Waals surface area (Å²) in [6.07, 6.45) is 3.48. The number of aryl methyl sites for hydroxylation is 1. The van der Waals surface area contributed by atoms with Crippen molar-refractivity contribution < 1.29 is 18.0 Å². The molecule has 1 aromatic rings. The Kier molecular flexibility index (Phi) is 6.40. The second-order valence-electron chi connectivity index (χ2n) is 7.58. The molecule has 28 heavy (non-hydrogen) atoms. The van der Waals surface area contributed by atoms with Crippen LogP contribution in [0.4, 0.5) is 0 Å². The lowest BCUT2D eigenvalue weighted by Crippen LogP contribution is -2.44. The van der Waals surface area contributed by atoms with Gasteiger partial charge >= 0.3 is 0 Å². The van der Waals surface area contributed by atoms with Gasteiger partial charge in [-0.1, -0.05) is 13.0 Å². The molecule has 2 saturated heterocycles. The van der Waals surface area contributed by atoms with Crippen molar-refractivity contribution in [3.8, 4) is 0 Å². The minimum absolute atomic E-state index is 0.0105. The van der Waals surface area contributed by atoms with Gasteiger partial charge < -0.3 is 9.80 Å². The SMILES string of the molecule is CCNS(=O)(=O)c1ccc(C)c(C(=O)N2CCC(C(=O)N3CCCC3)CC2)c1. The number of nitrogens with one attached hydrogen (secondary N) is 1. The molecule has 0 saturated carbocycles. The van der Waals surface area contributed by atoms with Crippen LogP contribution in [0.15, 0.2) is 23.1 Å². The molecule has 0 atom stereocenters. The minimum Gasteiger partial charge on any atom is -0.342 e. The molecule has 0 aromatic heterocycles. The zero-order valence-corrected chi connectivity index (χ0v) is 17.4. The number of rotatable bonds is 5. The summed E-state index contributed by atoms with van der Waals surface area (Å²) in [4.78, 5) is 29.4. The van der Waals surface area contributed by atoms with Gasteiger partial charge in [0.2, 0.25) is 15.9 Å². The fourth-order valence-corrected chi connectivity index (χ4v) is 5.03. The van der Waals surface area contributed by atoms with Gasteiger partial charge in [-0.15, -0.1) is 0 Å². The van der Waals surface area contributed by atoms with E-state index in [0.717, 1.165) is 31.5 Å². The van der Waals surface area contributed by atoms with Crippen LogP contribution in [0.3, 0.4) is 0 Å². The number of carbonyl (C=O) groups is 2. The Labute approximate surface area is 167 Å². The third-order valence-corrected chi connectivity index (χ3v) is 7.18. The van der Waals surface area contributed by atoms with E-state index in [0.29, 0.717) is 31.5 Å². The molecule has 2 aliphatic rings. The summed E-state index contributed by atoms with van der Waals surface area (Å²) in [5, 5.41) is 0. The van der Waals surface area contributed by atoms with E-state index < -0.39 is 10.0 Å². The molecule has 0 radical (unpaired) electrons. The fourth-order valence-electron chi connectivity index (χ4n) is 3.97. The predicted octanol–water partition coefficient (Wildman–Crippen LogP) is 1.77. The number of sulfonamides is 1. The first-order chi connectivity index (χ1) is 13.3. The highest BCUT2D eigenvalue weighted by atomic mass is 32.2. The van der Waals surface area contributed by atoms with Gasteiger partial charge in [-0.2, -0.15) is 0 Å². The third kappa shape index (κ3) is 4.38. The molecule has 3 rings (SSSR count). The summed E-state index contributed by atoms with van der Waals surface area (Å²) >= 11 is 0. The van der Waals surface area contributed by atoms with Crippen molar-refractivity contribution in [2.75, 3.05) is 32.7 Å². The number of hydrogen-bond acceptors (Lipinski definition) is 4. The summed E-state index contributed by atoms with van der Waals surface area (Å²) in [5.41, 5.74) is 1.15. The van der Waals surface area contributed by atoms with Crippen molar-refractivity contribution in [2.45, 2.75) is 44.4 Å². The molecule has 0 spiro atoms. The van der Waals surface area contributed by atoms with Gasteiger partial charge in [0.1, 0.15) is 0 Å². The Hall–Kier alpha value is -1.93. The molecule has 1 aromatic carbocycles. The number of hydrogen-bond donors (Lipinski definition) is 1. The third-order valence-electron chi connectivity index (χ3n) is 5.63. The quantitative estimate of drug-likeness (QED) is 0.806. The molecule has 1 N–H and O–H groups in total. The molecule has 2 amide bonds. The second-order valence-corrected chi connectivity index (χ2v) is 9.34. The van der Waals surface area contributed by atoms with Crippen molar-refractivity contribution in [1.82, 2.24) is 14.5 Å². The van der Waals surface area contributed by atoms with Crippen molar-refractivity contribution in [3.05, 3.63) is 29.3 Å². The minimum atomic E-state index is -3.61. The maximum Gasteiger partial charge on any atom is 0.254 e. The largest absolute Gasteiger partial charge is 0.342 e. The highest BCUT2D eigenvalue weighted by Gasteiger charge is 2.32. The summed E-state index contributed by atoms with van der Waals surface area (Å²) in [7, 11) is -3.61. The number of likely N-dealkylation sites (tertiary alicyclic amines) is 2. The monoisotopic (exact) mass is 407 g/mol. The standard InChI is InChI=1S/C20H29N3O4S/c1-3-21-28(26,27)17-7-6-15(2)18(14-17)20(25)23-12-8-16(9-13-23)19(24)22-10-4-5-11-22/h6-7,14,16,21H,3-5,8-13H2,1-2H3. The maximum atomic E-state index is 13.0. The van der Waals surface area contributed by atoms with Gasteiger partial charge in [0.05, 0.1) is 4.90 Å². The van der Waals surface area contributed by atoms with E-state index in [9.17, 15) is 18.0 Å². The molecular formula is C20H29N3O4S. The van der Waals surface area contributed by atoms with Crippen molar-refractivity contribution in [1.29, 1.82) is 0 Å². The first-order valence-electron chi connectivity index (χ1n) is 10.0. The molecule has 154 valence electrons. The number of nitrogens with zero attached hydrogens (tertiary/aromatic N) is 2. The Bertz CT molecular complexity index is 839. The van der Waals surface area contributed by atoms with E-state index in [4.69, 9.17) is 0 Å². The zero-order chi connectivity index (χ0) is 20.3. The van der Waals surface area contributed by atoms with E-state index in [1.807, 2.05) is 4.90 Å². The Balaban J connectivity index is 1.69. The fraction of sp³-hybridized carbons (Fsp3) is 0.600. The average Bonchev–Trinajstić information content (AvgIpc) is 3.22. The Morgan fingerprint density at radius 3 is 2.32 bits per heavy atom. The summed E-state index contributed by atoms with van der Waals surface area (Å²) in [5.74, 6) is 0.0429. The molecule has 8 heteroatoms. The lowest BCUT2D eigenvalue weighted by Gasteiger charge is -2.33. The van der Waals surface area contributed by atoms with Crippen LogP contribution in [0.1, 0.15) is 48.5 Å². The maximum absolute atomic E-state index is 13.0. The van der Waals surface area contributed by atoms with Crippen LogP contribution < -0.4 is 4.72 Å². The number of carbonyl (C=O) groups excluding carboxylic acids is 2. The number of benzene rings is 1.